The molecule has 2 aromatic carbocycles. The molecule has 0 saturated carbocycles. The molecule has 3 rings (SSSR count). The van der Waals surface area contributed by atoms with E-state index in [1.54, 1.807) is 12.0 Å². The Hall–Kier alpha value is -2.69. The molecule has 1 aliphatic rings. The van der Waals surface area contributed by atoms with Crippen molar-refractivity contribution in [2.75, 3.05) is 25.2 Å². The second-order valence-corrected chi connectivity index (χ2v) is 8.38. The molecule has 1 saturated heterocycles. The maximum Gasteiger partial charge on any atom is 0.268 e. The maximum absolute atomic E-state index is 12.8. The van der Waals surface area contributed by atoms with Crippen molar-refractivity contribution in [1.29, 1.82) is 0 Å². The topological polar surface area (TPSA) is 48.0 Å². The van der Waals surface area contributed by atoms with Crippen LogP contribution in [0.3, 0.4) is 0 Å². The van der Waals surface area contributed by atoms with Crippen LogP contribution in [0.15, 0.2) is 42.5 Å². The van der Waals surface area contributed by atoms with Gasteiger partial charge >= 0.3 is 0 Å². The molecule has 0 N–H and O–H groups in total. The van der Waals surface area contributed by atoms with Gasteiger partial charge in [0.25, 0.3) is 5.91 Å². The first-order valence-electron chi connectivity index (χ1n) is 9.62. The molecule has 0 radical (unpaired) electrons. The molecule has 0 aromatic heterocycles. The minimum atomic E-state index is -0.467. The van der Waals surface area contributed by atoms with Crippen molar-refractivity contribution < 1.29 is 19.0 Å². The summed E-state index contributed by atoms with van der Waals surface area (Å²) < 4.78 is 17.3. The van der Waals surface area contributed by atoms with Crippen LogP contribution >= 0.6 is 0 Å². The number of ether oxygens (including phenoxy) is 3. The lowest BCUT2D eigenvalue weighted by molar-refractivity contribution is -0.122. The van der Waals surface area contributed by atoms with Crippen LogP contribution in [0.1, 0.15) is 32.8 Å². The highest BCUT2D eigenvalue weighted by Gasteiger charge is 2.34. The van der Waals surface area contributed by atoms with Gasteiger partial charge < -0.3 is 19.1 Å². The van der Waals surface area contributed by atoms with E-state index in [9.17, 15) is 4.79 Å². The molecule has 2 aromatic rings. The van der Waals surface area contributed by atoms with Crippen LogP contribution in [0.5, 0.6) is 17.2 Å². The highest BCUT2D eigenvalue weighted by molar-refractivity contribution is 5.99. The van der Waals surface area contributed by atoms with Gasteiger partial charge in [0.05, 0.1) is 13.7 Å². The molecular weight excluding hydrogens is 354 g/mol. The number of amides is 1. The highest BCUT2D eigenvalue weighted by Crippen LogP contribution is 2.35. The van der Waals surface area contributed by atoms with E-state index in [-0.39, 0.29) is 11.3 Å². The van der Waals surface area contributed by atoms with E-state index in [1.165, 1.54) is 0 Å². The van der Waals surface area contributed by atoms with Crippen LogP contribution in [0, 0.1) is 12.3 Å². The van der Waals surface area contributed by atoms with E-state index < -0.39 is 6.10 Å². The second-order valence-electron chi connectivity index (χ2n) is 8.38. The number of carbonyl (C=O) groups is 1. The third kappa shape index (κ3) is 4.77. The third-order valence-electron chi connectivity index (χ3n) is 4.58. The number of anilines is 1. The smallest absolute Gasteiger partial charge is 0.268 e. The Morgan fingerprint density at radius 2 is 1.79 bits per heavy atom. The van der Waals surface area contributed by atoms with Gasteiger partial charge in [0.1, 0.15) is 5.75 Å². The number of nitrogens with zero attached hydrogens (tertiary/aromatic N) is 1. The monoisotopic (exact) mass is 383 g/mol. The van der Waals surface area contributed by atoms with E-state index in [1.807, 2.05) is 49.4 Å². The Balaban J connectivity index is 1.71. The molecule has 0 aliphatic carbocycles. The van der Waals surface area contributed by atoms with Crippen molar-refractivity contribution in [2.45, 2.75) is 40.2 Å². The summed E-state index contributed by atoms with van der Waals surface area (Å²) >= 11 is 0. The zero-order valence-electron chi connectivity index (χ0n) is 17.3. The van der Waals surface area contributed by atoms with Crippen molar-refractivity contribution in [2.24, 2.45) is 5.41 Å². The van der Waals surface area contributed by atoms with Gasteiger partial charge in [0.15, 0.2) is 17.6 Å². The van der Waals surface area contributed by atoms with E-state index >= 15 is 0 Å². The fourth-order valence-corrected chi connectivity index (χ4v) is 3.04. The van der Waals surface area contributed by atoms with Gasteiger partial charge in [-0.1, -0.05) is 38.5 Å². The molecule has 150 valence electrons. The Labute approximate surface area is 167 Å². The van der Waals surface area contributed by atoms with Crippen molar-refractivity contribution in [3.8, 4) is 17.2 Å². The Morgan fingerprint density at radius 3 is 2.43 bits per heavy atom. The molecule has 0 bridgehead atoms. The molecule has 1 heterocycles. The number of methoxy groups -OCH3 is 1. The predicted molar refractivity (Wildman–Crippen MR) is 111 cm³/mol. The van der Waals surface area contributed by atoms with Crippen molar-refractivity contribution in [3.63, 3.8) is 0 Å². The Kier molecular flexibility index (Phi) is 5.82. The van der Waals surface area contributed by atoms with E-state index in [0.717, 1.165) is 11.3 Å². The first-order valence-corrected chi connectivity index (χ1v) is 9.62. The Morgan fingerprint density at radius 1 is 1.07 bits per heavy atom. The highest BCUT2D eigenvalue weighted by atomic mass is 16.5. The third-order valence-corrected chi connectivity index (χ3v) is 4.58. The number of rotatable bonds is 6. The van der Waals surface area contributed by atoms with Crippen molar-refractivity contribution >= 4 is 11.6 Å². The lowest BCUT2D eigenvalue weighted by Crippen LogP contribution is -2.32. The molecular formula is C23H29NO4. The van der Waals surface area contributed by atoms with Crippen molar-refractivity contribution in [3.05, 3.63) is 48.0 Å². The first kappa shape index (κ1) is 20.1. The lowest BCUT2D eigenvalue weighted by atomic mass is 9.99. The van der Waals surface area contributed by atoms with Gasteiger partial charge in [0, 0.05) is 24.7 Å². The molecule has 1 fully saturated rings. The quantitative estimate of drug-likeness (QED) is 0.731. The van der Waals surface area contributed by atoms with E-state index in [0.29, 0.717) is 36.8 Å². The molecule has 28 heavy (non-hydrogen) atoms. The zero-order chi connectivity index (χ0) is 20.3. The van der Waals surface area contributed by atoms with Crippen molar-refractivity contribution in [1.82, 2.24) is 0 Å². The first-order chi connectivity index (χ1) is 13.3. The van der Waals surface area contributed by atoms with Gasteiger partial charge in [-0.25, -0.2) is 0 Å². The molecule has 5 nitrogen and oxygen atoms in total. The van der Waals surface area contributed by atoms with Crippen LogP contribution in [-0.4, -0.2) is 32.3 Å². The van der Waals surface area contributed by atoms with E-state index in [2.05, 4.69) is 20.8 Å². The van der Waals surface area contributed by atoms with Gasteiger partial charge in [0.2, 0.25) is 0 Å². The molecule has 1 unspecified atom stereocenters. The van der Waals surface area contributed by atoms with Gasteiger partial charge in [-0.3, -0.25) is 4.79 Å². The van der Waals surface area contributed by atoms with Crippen LogP contribution in [-0.2, 0) is 4.79 Å². The summed E-state index contributed by atoms with van der Waals surface area (Å²) in [5.41, 5.74) is 2.00. The standard InChI is InChI=1S/C23H29NO4/c1-16-6-9-18(10-7-16)28-20-12-13-24(22(20)25)17-8-11-19(21(14-17)26-5)27-15-23(2,3)4/h6-11,14,20H,12-13,15H2,1-5H3. The van der Waals surface area contributed by atoms with Crippen LogP contribution in [0.4, 0.5) is 5.69 Å². The normalized spacial score (nSPS) is 17.0. The average molecular weight is 383 g/mol. The maximum atomic E-state index is 12.8. The molecule has 1 atom stereocenters. The van der Waals surface area contributed by atoms with Crippen LogP contribution < -0.4 is 19.1 Å². The summed E-state index contributed by atoms with van der Waals surface area (Å²) in [5, 5.41) is 0. The summed E-state index contributed by atoms with van der Waals surface area (Å²) in [6.45, 7) is 9.56. The van der Waals surface area contributed by atoms with E-state index in [4.69, 9.17) is 14.2 Å². The summed E-state index contributed by atoms with van der Waals surface area (Å²) in [6.07, 6.45) is 0.183. The molecule has 1 amide bonds. The van der Waals surface area contributed by atoms with Gasteiger partial charge in [-0.15, -0.1) is 0 Å². The molecule has 5 heteroatoms. The van der Waals surface area contributed by atoms with Crippen LogP contribution in [0.25, 0.3) is 0 Å². The summed E-state index contributed by atoms with van der Waals surface area (Å²) in [4.78, 5) is 14.6. The summed E-state index contributed by atoms with van der Waals surface area (Å²) in [7, 11) is 1.61. The zero-order valence-corrected chi connectivity index (χ0v) is 17.3. The SMILES string of the molecule is COc1cc(N2CCC(Oc3ccc(C)cc3)C2=O)ccc1OCC(C)(C)C. The molecule has 0 spiro atoms. The van der Waals surface area contributed by atoms with Gasteiger partial charge in [-0.05, 0) is 36.6 Å². The average Bonchev–Trinajstić information content (AvgIpc) is 3.01. The van der Waals surface area contributed by atoms with Crippen LogP contribution in [0.2, 0.25) is 0 Å². The number of hydrogen-bond acceptors (Lipinski definition) is 4. The minimum absolute atomic E-state index is 0.0361. The fraction of sp³-hybridized carbons (Fsp3) is 0.435. The largest absolute Gasteiger partial charge is 0.493 e. The summed E-state index contributed by atoms with van der Waals surface area (Å²) in [5.74, 6) is 1.98. The molecule has 1 aliphatic heterocycles. The summed E-state index contributed by atoms with van der Waals surface area (Å²) in [6, 6.07) is 13.4. The fourth-order valence-electron chi connectivity index (χ4n) is 3.04. The Bertz CT molecular complexity index is 823. The second kappa shape index (κ2) is 8.13. The number of carbonyl (C=O) groups excluding carboxylic acids is 1. The number of hydrogen-bond donors (Lipinski definition) is 0. The number of benzene rings is 2. The number of aryl methyl sites for hydroxylation is 1. The van der Waals surface area contributed by atoms with Gasteiger partial charge in [-0.2, -0.15) is 0 Å². The predicted octanol–water partition coefficient (Wildman–Crippen LogP) is 4.61. The minimum Gasteiger partial charge on any atom is -0.493 e. The lowest BCUT2D eigenvalue weighted by Gasteiger charge is -2.22.